The van der Waals surface area contributed by atoms with Crippen molar-refractivity contribution >= 4 is 15.9 Å². The summed E-state index contributed by atoms with van der Waals surface area (Å²) in [4.78, 5) is 0. The zero-order chi connectivity index (χ0) is 13.7. The van der Waals surface area contributed by atoms with Gasteiger partial charge >= 0.3 is 0 Å². The van der Waals surface area contributed by atoms with Gasteiger partial charge in [-0.15, -0.1) is 0 Å². The van der Waals surface area contributed by atoms with Gasteiger partial charge in [-0.2, -0.15) is 0 Å². The lowest BCUT2D eigenvalue weighted by Crippen LogP contribution is -2.01. The molecule has 0 atom stereocenters. The number of para-hydroxylation sites is 1. The summed E-state index contributed by atoms with van der Waals surface area (Å²) in [5.41, 5.74) is 1.69. The van der Waals surface area contributed by atoms with Crippen LogP contribution in [0.4, 0.5) is 4.39 Å². The van der Waals surface area contributed by atoms with Crippen LogP contribution >= 0.6 is 15.9 Å². The number of rotatable bonds is 5. The highest BCUT2D eigenvalue weighted by atomic mass is 79.9. The zero-order valence-electron chi connectivity index (χ0n) is 10.3. The fourth-order valence-corrected chi connectivity index (χ4v) is 2.14. The molecule has 0 aromatic heterocycles. The van der Waals surface area contributed by atoms with Crippen molar-refractivity contribution in [3.05, 3.63) is 63.9 Å². The second-order valence-corrected chi connectivity index (χ2v) is 4.96. The summed E-state index contributed by atoms with van der Waals surface area (Å²) < 4.78 is 19.7. The van der Waals surface area contributed by atoms with E-state index in [2.05, 4.69) is 15.9 Å². The smallest absolute Gasteiger partial charge is 0.123 e. The van der Waals surface area contributed by atoms with E-state index in [1.807, 2.05) is 24.3 Å². The van der Waals surface area contributed by atoms with Gasteiger partial charge in [-0.3, -0.25) is 0 Å². The summed E-state index contributed by atoms with van der Waals surface area (Å²) in [5.74, 6) is 0.429. The Morgan fingerprint density at radius 2 is 1.89 bits per heavy atom. The molecular weight excluding hydrogens is 311 g/mol. The Labute approximate surface area is 120 Å². The molecule has 2 nitrogen and oxygen atoms in total. The quantitative estimate of drug-likeness (QED) is 0.908. The SMILES string of the molecule is OCCc1ccccc1OCc1cc(F)ccc1Br. The summed E-state index contributed by atoms with van der Waals surface area (Å²) in [6.45, 7) is 0.352. The van der Waals surface area contributed by atoms with E-state index in [1.54, 1.807) is 6.07 Å². The van der Waals surface area contributed by atoms with Gasteiger partial charge in [-0.05, 0) is 36.2 Å². The van der Waals surface area contributed by atoms with Crippen LogP contribution in [0.15, 0.2) is 46.9 Å². The molecule has 0 heterocycles. The molecular formula is C15H14BrFO2. The highest BCUT2D eigenvalue weighted by Gasteiger charge is 2.06. The minimum absolute atomic E-state index is 0.0734. The third-order valence-electron chi connectivity index (χ3n) is 2.74. The maximum absolute atomic E-state index is 13.2. The molecule has 1 N–H and O–H groups in total. The van der Waals surface area contributed by atoms with Gasteiger partial charge in [-0.1, -0.05) is 34.1 Å². The Bertz CT molecular complexity index is 558. The molecule has 0 saturated heterocycles. The van der Waals surface area contributed by atoms with Crippen molar-refractivity contribution in [2.75, 3.05) is 6.61 Å². The van der Waals surface area contributed by atoms with E-state index in [0.29, 0.717) is 12.2 Å². The predicted molar refractivity (Wildman–Crippen MR) is 75.7 cm³/mol. The van der Waals surface area contributed by atoms with E-state index in [4.69, 9.17) is 9.84 Å². The highest BCUT2D eigenvalue weighted by molar-refractivity contribution is 9.10. The third kappa shape index (κ3) is 3.78. The number of halogens is 2. The molecule has 2 aromatic rings. The van der Waals surface area contributed by atoms with Gasteiger partial charge in [0.15, 0.2) is 0 Å². The van der Waals surface area contributed by atoms with E-state index in [0.717, 1.165) is 15.6 Å². The number of aliphatic hydroxyl groups is 1. The number of benzene rings is 2. The summed E-state index contributed by atoms with van der Waals surface area (Å²) in [6.07, 6.45) is 0.542. The van der Waals surface area contributed by atoms with Gasteiger partial charge in [0.2, 0.25) is 0 Å². The maximum Gasteiger partial charge on any atom is 0.123 e. The summed E-state index contributed by atoms with van der Waals surface area (Å²) in [7, 11) is 0. The lowest BCUT2D eigenvalue weighted by Gasteiger charge is -2.11. The van der Waals surface area contributed by atoms with Crippen LogP contribution in [0, 0.1) is 5.82 Å². The number of aliphatic hydroxyl groups excluding tert-OH is 1. The van der Waals surface area contributed by atoms with Gasteiger partial charge in [0.05, 0.1) is 0 Å². The van der Waals surface area contributed by atoms with E-state index < -0.39 is 0 Å². The molecule has 0 spiro atoms. The minimum Gasteiger partial charge on any atom is -0.489 e. The molecule has 100 valence electrons. The van der Waals surface area contributed by atoms with Crippen molar-refractivity contribution < 1.29 is 14.2 Å². The number of ether oxygens (including phenoxy) is 1. The van der Waals surface area contributed by atoms with Crippen LogP contribution in [0.3, 0.4) is 0 Å². The normalized spacial score (nSPS) is 10.5. The van der Waals surface area contributed by atoms with E-state index in [-0.39, 0.29) is 19.0 Å². The molecule has 0 bridgehead atoms. The van der Waals surface area contributed by atoms with Crippen molar-refractivity contribution in [3.8, 4) is 5.75 Å². The fourth-order valence-electron chi connectivity index (χ4n) is 1.78. The van der Waals surface area contributed by atoms with Crippen LogP contribution in [0.2, 0.25) is 0 Å². The van der Waals surface area contributed by atoms with Gasteiger partial charge in [0, 0.05) is 16.6 Å². The molecule has 2 rings (SSSR count). The predicted octanol–water partition coefficient (Wildman–Crippen LogP) is 3.70. The maximum atomic E-state index is 13.2. The summed E-state index contributed by atoms with van der Waals surface area (Å²) in [5, 5.41) is 9.00. The molecule has 19 heavy (non-hydrogen) atoms. The standard InChI is InChI=1S/C15H14BrFO2/c16-14-6-5-13(17)9-12(14)10-19-15-4-2-1-3-11(15)7-8-18/h1-6,9,18H,7-8,10H2. The topological polar surface area (TPSA) is 29.5 Å². The molecule has 0 fully saturated rings. The van der Waals surface area contributed by atoms with Crippen molar-refractivity contribution in [2.45, 2.75) is 13.0 Å². The van der Waals surface area contributed by atoms with Crippen molar-refractivity contribution in [1.29, 1.82) is 0 Å². The zero-order valence-corrected chi connectivity index (χ0v) is 11.9. The van der Waals surface area contributed by atoms with E-state index in [9.17, 15) is 4.39 Å². The van der Waals surface area contributed by atoms with E-state index >= 15 is 0 Å². The van der Waals surface area contributed by atoms with Crippen molar-refractivity contribution in [3.63, 3.8) is 0 Å². The Morgan fingerprint density at radius 1 is 1.11 bits per heavy atom. The van der Waals surface area contributed by atoms with Gasteiger partial charge in [0.25, 0.3) is 0 Å². The van der Waals surface area contributed by atoms with Gasteiger partial charge in [-0.25, -0.2) is 4.39 Å². The summed E-state index contributed by atoms with van der Waals surface area (Å²) >= 11 is 3.37. The molecule has 0 saturated carbocycles. The van der Waals surface area contributed by atoms with Crippen LogP contribution in [-0.4, -0.2) is 11.7 Å². The Balaban J connectivity index is 2.12. The molecule has 0 aliphatic carbocycles. The summed E-state index contributed by atoms with van der Waals surface area (Å²) in [6, 6.07) is 12.0. The van der Waals surface area contributed by atoms with Gasteiger partial charge in [0.1, 0.15) is 18.2 Å². The highest BCUT2D eigenvalue weighted by Crippen LogP contribution is 2.23. The molecule has 0 unspecified atom stereocenters. The average Bonchev–Trinajstić information content (AvgIpc) is 2.42. The Kier molecular flexibility index (Phi) is 4.93. The molecule has 4 heteroatoms. The first-order valence-electron chi connectivity index (χ1n) is 5.96. The van der Waals surface area contributed by atoms with Crippen LogP contribution in [0.25, 0.3) is 0 Å². The minimum atomic E-state index is -0.287. The van der Waals surface area contributed by atoms with Crippen LogP contribution < -0.4 is 4.74 Å². The van der Waals surface area contributed by atoms with Crippen LogP contribution in [0.1, 0.15) is 11.1 Å². The van der Waals surface area contributed by atoms with Crippen molar-refractivity contribution in [2.24, 2.45) is 0 Å². The van der Waals surface area contributed by atoms with Gasteiger partial charge < -0.3 is 9.84 Å². The molecule has 2 aromatic carbocycles. The average molecular weight is 325 g/mol. The molecule has 0 radical (unpaired) electrons. The second-order valence-electron chi connectivity index (χ2n) is 4.11. The van der Waals surface area contributed by atoms with Crippen molar-refractivity contribution in [1.82, 2.24) is 0 Å². The Morgan fingerprint density at radius 3 is 2.68 bits per heavy atom. The first kappa shape index (κ1) is 14.0. The number of hydrogen-bond donors (Lipinski definition) is 1. The van der Waals surface area contributed by atoms with Crippen LogP contribution in [0.5, 0.6) is 5.75 Å². The van der Waals surface area contributed by atoms with E-state index in [1.165, 1.54) is 12.1 Å². The monoisotopic (exact) mass is 324 g/mol. The largest absolute Gasteiger partial charge is 0.489 e. The molecule has 0 amide bonds. The first-order chi connectivity index (χ1) is 9.20. The molecule has 0 aliphatic rings. The number of hydrogen-bond acceptors (Lipinski definition) is 2. The first-order valence-corrected chi connectivity index (χ1v) is 6.75. The second kappa shape index (κ2) is 6.68. The Hall–Kier alpha value is -1.39. The molecule has 0 aliphatic heterocycles. The van der Waals surface area contributed by atoms with Crippen LogP contribution in [-0.2, 0) is 13.0 Å². The lowest BCUT2D eigenvalue weighted by atomic mass is 10.1. The lowest BCUT2D eigenvalue weighted by molar-refractivity contribution is 0.283. The fraction of sp³-hybridized carbons (Fsp3) is 0.200. The third-order valence-corrected chi connectivity index (χ3v) is 3.52.